The van der Waals surface area contributed by atoms with E-state index >= 15 is 0 Å². The molecule has 0 spiro atoms. The Morgan fingerprint density at radius 3 is 2.38 bits per heavy atom. The second-order valence-corrected chi connectivity index (χ2v) is 6.77. The van der Waals surface area contributed by atoms with Crippen LogP contribution in [0.2, 0.25) is 0 Å². The molecule has 2 N–H and O–H groups in total. The van der Waals surface area contributed by atoms with Crippen molar-refractivity contribution in [1.29, 1.82) is 0 Å². The Labute approximate surface area is 172 Å². The fraction of sp³-hybridized carbons (Fsp3) is 0.0952. The molecule has 29 heavy (non-hydrogen) atoms. The van der Waals surface area contributed by atoms with Gasteiger partial charge in [-0.2, -0.15) is 0 Å². The van der Waals surface area contributed by atoms with Gasteiger partial charge in [-0.1, -0.05) is 53.8 Å². The predicted molar refractivity (Wildman–Crippen MR) is 114 cm³/mol. The summed E-state index contributed by atoms with van der Waals surface area (Å²) in [5.41, 5.74) is 2.24. The van der Waals surface area contributed by atoms with Crippen LogP contribution in [0, 0.1) is 0 Å². The van der Waals surface area contributed by atoms with E-state index in [2.05, 4.69) is 20.4 Å². The molecule has 0 fully saturated rings. The van der Waals surface area contributed by atoms with Crippen molar-refractivity contribution in [3.05, 3.63) is 66.2 Å². The van der Waals surface area contributed by atoms with E-state index in [-0.39, 0.29) is 5.91 Å². The predicted octanol–water partition coefficient (Wildman–Crippen LogP) is 4.65. The highest BCUT2D eigenvalue weighted by Crippen LogP contribution is 2.36. The number of methoxy groups -OCH3 is 2. The number of hydrogen-bond donors (Lipinski definition) is 2. The lowest BCUT2D eigenvalue weighted by Crippen LogP contribution is -2.10. The molecule has 0 aliphatic rings. The molecule has 1 aromatic heterocycles. The van der Waals surface area contributed by atoms with E-state index in [1.54, 1.807) is 13.2 Å². The quantitative estimate of drug-likeness (QED) is 0.579. The number of benzene rings is 2. The normalized spacial score (nSPS) is 10.6. The molecule has 0 aliphatic heterocycles. The highest BCUT2D eigenvalue weighted by Gasteiger charge is 2.16. The summed E-state index contributed by atoms with van der Waals surface area (Å²) in [7, 11) is 2.87. The van der Waals surface area contributed by atoms with Gasteiger partial charge in [0.2, 0.25) is 5.91 Å². The van der Waals surface area contributed by atoms with Crippen LogP contribution < -0.4 is 15.4 Å². The van der Waals surface area contributed by atoms with Crippen molar-refractivity contribution in [3.63, 3.8) is 0 Å². The number of ether oxygens (including phenoxy) is 2. The van der Waals surface area contributed by atoms with Crippen LogP contribution in [0.3, 0.4) is 0 Å². The Morgan fingerprint density at radius 2 is 1.72 bits per heavy atom. The number of nitrogens with one attached hydrogen (secondary N) is 2. The summed E-state index contributed by atoms with van der Waals surface area (Å²) in [5, 5.41) is 6.20. The lowest BCUT2D eigenvalue weighted by molar-refractivity contribution is -0.111. The van der Waals surface area contributed by atoms with Crippen molar-refractivity contribution < 1.29 is 19.1 Å². The van der Waals surface area contributed by atoms with E-state index in [1.807, 2.05) is 54.6 Å². The van der Waals surface area contributed by atoms with Crippen molar-refractivity contribution >= 4 is 39.5 Å². The Morgan fingerprint density at radius 1 is 1.00 bits per heavy atom. The smallest absolute Gasteiger partial charge is 0.413 e. The standard InChI is InChI=1S/C21H19N3O4S/c1-27-16-11-8-14(9-12-16)10-13-17(25)22-19-18(15-6-4-3-5-7-15)23-20(29-19)24-21(26)28-2/h3-13H,1-2H3,(H,22,25)(H,23,24,26)/b13-10-. The van der Waals surface area contributed by atoms with Gasteiger partial charge in [0.25, 0.3) is 0 Å². The molecule has 0 saturated carbocycles. The van der Waals surface area contributed by atoms with Gasteiger partial charge in [-0.25, -0.2) is 9.78 Å². The molecule has 2 aromatic carbocycles. The summed E-state index contributed by atoms with van der Waals surface area (Å²) < 4.78 is 9.72. The molecule has 0 aliphatic carbocycles. The lowest BCUT2D eigenvalue weighted by Gasteiger charge is -2.03. The monoisotopic (exact) mass is 409 g/mol. The topological polar surface area (TPSA) is 89.5 Å². The Hall–Kier alpha value is -3.65. The highest BCUT2D eigenvalue weighted by atomic mass is 32.1. The second-order valence-electron chi connectivity index (χ2n) is 5.78. The number of amides is 2. The molecule has 148 valence electrons. The molecule has 1 heterocycles. The zero-order valence-electron chi connectivity index (χ0n) is 15.8. The van der Waals surface area contributed by atoms with Crippen LogP contribution in [-0.4, -0.2) is 31.2 Å². The molecule has 0 unspecified atom stereocenters. The molecule has 0 bridgehead atoms. The number of nitrogens with zero attached hydrogens (tertiary/aromatic N) is 1. The first kappa shape index (κ1) is 20.1. The number of rotatable bonds is 6. The number of thiazole rings is 1. The number of aromatic nitrogens is 1. The number of carbonyl (C=O) groups excluding carboxylic acids is 2. The molecule has 0 radical (unpaired) electrons. The van der Waals surface area contributed by atoms with Crippen molar-refractivity contribution in [2.24, 2.45) is 0 Å². The molecular weight excluding hydrogens is 390 g/mol. The van der Waals surface area contributed by atoms with Gasteiger partial charge in [-0.05, 0) is 23.8 Å². The summed E-state index contributed by atoms with van der Waals surface area (Å²) in [4.78, 5) is 28.3. The van der Waals surface area contributed by atoms with Crippen LogP contribution in [-0.2, 0) is 9.53 Å². The Kier molecular flexibility index (Phi) is 6.59. The maximum Gasteiger partial charge on any atom is 0.413 e. The van der Waals surface area contributed by atoms with Crippen LogP contribution in [0.1, 0.15) is 5.56 Å². The van der Waals surface area contributed by atoms with E-state index in [0.29, 0.717) is 15.8 Å². The van der Waals surface area contributed by atoms with Crippen molar-refractivity contribution in [2.75, 3.05) is 24.9 Å². The van der Waals surface area contributed by atoms with E-state index in [1.165, 1.54) is 13.2 Å². The number of hydrogen-bond acceptors (Lipinski definition) is 6. The first-order valence-electron chi connectivity index (χ1n) is 8.63. The van der Waals surface area contributed by atoms with E-state index < -0.39 is 6.09 Å². The van der Waals surface area contributed by atoms with Crippen LogP contribution in [0.5, 0.6) is 5.75 Å². The van der Waals surface area contributed by atoms with Crippen molar-refractivity contribution in [3.8, 4) is 17.0 Å². The van der Waals surface area contributed by atoms with E-state index in [0.717, 1.165) is 28.2 Å². The largest absolute Gasteiger partial charge is 0.497 e. The van der Waals surface area contributed by atoms with Gasteiger partial charge < -0.3 is 14.8 Å². The first-order chi connectivity index (χ1) is 14.1. The van der Waals surface area contributed by atoms with Gasteiger partial charge in [-0.15, -0.1) is 0 Å². The summed E-state index contributed by atoms with van der Waals surface area (Å²) in [6, 6.07) is 16.7. The number of anilines is 2. The fourth-order valence-corrected chi connectivity index (χ4v) is 3.31. The van der Waals surface area contributed by atoms with Gasteiger partial charge in [-0.3, -0.25) is 10.1 Å². The van der Waals surface area contributed by atoms with Gasteiger partial charge in [0.1, 0.15) is 16.4 Å². The summed E-state index contributed by atoms with van der Waals surface area (Å²) in [6.07, 6.45) is 2.51. The van der Waals surface area contributed by atoms with Crippen LogP contribution >= 0.6 is 11.3 Å². The zero-order valence-corrected chi connectivity index (χ0v) is 16.7. The Bertz CT molecular complexity index is 1010. The minimum Gasteiger partial charge on any atom is -0.497 e. The zero-order chi connectivity index (χ0) is 20.6. The molecule has 8 heteroatoms. The lowest BCUT2D eigenvalue weighted by atomic mass is 10.1. The molecule has 7 nitrogen and oxygen atoms in total. The number of carbonyl (C=O) groups is 2. The Balaban J connectivity index is 1.79. The van der Waals surface area contributed by atoms with E-state index in [9.17, 15) is 9.59 Å². The van der Waals surface area contributed by atoms with Crippen molar-refractivity contribution in [2.45, 2.75) is 0 Å². The molecule has 3 aromatic rings. The minimum atomic E-state index is -0.629. The van der Waals surface area contributed by atoms with Crippen LogP contribution in [0.15, 0.2) is 60.7 Å². The third kappa shape index (κ3) is 5.43. The van der Waals surface area contributed by atoms with Gasteiger partial charge >= 0.3 is 6.09 Å². The summed E-state index contributed by atoms with van der Waals surface area (Å²) in [6.45, 7) is 0. The minimum absolute atomic E-state index is 0.314. The van der Waals surface area contributed by atoms with Gasteiger partial charge in [0.15, 0.2) is 5.13 Å². The van der Waals surface area contributed by atoms with Gasteiger partial charge in [0, 0.05) is 11.6 Å². The first-order valence-corrected chi connectivity index (χ1v) is 9.45. The molecular formula is C21H19N3O4S. The molecule has 0 saturated heterocycles. The van der Waals surface area contributed by atoms with E-state index in [4.69, 9.17) is 4.74 Å². The maximum absolute atomic E-state index is 12.4. The van der Waals surface area contributed by atoms with Crippen LogP contribution in [0.25, 0.3) is 17.3 Å². The second kappa shape index (κ2) is 9.52. The third-order valence-corrected chi connectivity index (χ3v) is 4.73. The average Bonchev–Trinajstić information content (AvgIpc) is 3.15. The SMILES string of the molecule is COC(=O)Nc1nc(-c2ccccc2)c(NC(=O)/C=C\c2ccc(OC)cc2)s1. The van der Waals surface area contributed by atoms with Crippen LogP contribution in [0.4, 0.5) is 14.9 Å². The fourth-order valence-electron chi connectivity index (χ4n) is 2.43. The summed E-state index contributed by atoms with van der Waals surface area (Å²) in [5.74, 6) is 0.431. The maximum atomic E-state index is 12.4. The molecule has 0 atom stereocenters. The van der Waals surface area contributed by atoms with Crippen molar-refractivity contribution in [1.82, 2.24) is 4.98 Å². The molecule has 2 amide bonds. The summed E-state index contributed by atoms with van der Waals surface area (Å²) >= 11 is 1.15. The average molecular weight is 409 g/mol. The third-order valence-electron chi connectivity index (χ3n) is 3.85. The highest BCUT2D eigenvalue weighted by molar-refractivity contribution is 7.20. The molecule has 3 rings (SSSR count). The van der Waals surface area contributed by atoms with Gasteiger partial charge in [0.05, 0.1) is 14.2 Å².